The molecule has 0 amide bonds. The van der Waals surface area contributed by atoms with Crippen molar-refractivity contribution < 1.29 is 9.13 Å². The summed E-state index contributed by atoms with van der Waals surface area (Å²) < 4.78 is 13.3. The Hall–Kier alpha value is -3.12. The topological polar surface area (TPSA) is 72.6 Å². The molecule has 0 spiro atoms. The molecular formula is C21H16N2O3S. The van der Waals surface area contributed by atoms with Gasteiger partial charge in [-0.15, -0.1) is 0 Å². The van der Waals surface area contributed by atoms with Gasteiger partial charge >= 0.3 is 0 Å². The van der Waals surface area contributed by atoms with Crippen LogP contribution in [0.3, 0.4) is 0 Å². The van der Waals surface area contributed by atoms with E-state index in [-0.39, 0.29) is 10.9 Å². The first-order chi connectivity index (χ1) is 13.1. The van der Waals surface area contributed by atoms with Crippen LogP contribution in [-0.2, 0) is 10.8 Å². The molecule has 1 heterocycles. The van der Waals surface area contributed by atoms with Gasteiger partial charge in [0, 0.05) is 24.3 Å². The van der Waals surface area contributed by atoms with E-state index >= 15 is 0 Å². The van der Waals surface area contributed by atoms with Crippen molar-refractivity contribution in [1.82, 2.24) is 0 Å². The van der Waals surface area contributed by atoms with Gasteiger partial charge < -0.3 is 0 Å². The zero-order chi connectivity index (χ0) is 18.8. The number of benzene rings is 3. The molecule has 0 aliphatic carbocycles. The highest BCUT2D eigenvalue weighted by molar-refractivity contribution is 7.85. The van der Waals surface area contributed by atoms with Crippen LogP contribution in [0.4, 0.5) is 11.4 Å². The average Bonchev–Trinajstić information content (AvgIpc) is 2.86. The van der Waals surface area contributed by atoms with Gasteiger partial charge in [0.15, 0.2) is 0 Å². The van der Waals surface area contributed by atoms with Gasteiger partial charge in [0.25, 0.3) is 5.69 Å². The van der Waals surface area contributed by atoms with Gasteiger partial charge in [-0.1, -0.05) is 42.5 Å². The van der Waals surface area contributed by atoms with Crippen LogP contribution in [0.5, 0.6) is 0 Å². The highest BCUT2D eigenvalue weighted by atomic mass is 32.2. The molecule has 0 radical (unpaired) electrons. The Kier molecular flexibility index (Phi) is 4.64. The van der Waals surface area contributed by atoms with E-state index in [1.807, 2.05) is 54.6 Å². The largest absolute Gasteiger partial charge is 0.269 e. The molecule has 0 N–H and O–H groups in total. The molecule has 0 unspecified atom stereocenters. The zero-order valence-electron chi connectivity index (χ0n) is 14.3. The molecule has 0 fully saturated rings. The van der Waals surface area contributed by atoms with Crippen LogP contribution < -0.4 is 0 Å². The van der Waals surface area contributed by atoms with E-state index in [1.54, 1.807) is 12.1 Å². The molecule has 0 saturated heterocycles. The maximum Gasteiger partial charge on any atom is 0.269 e. The smallest absolute Gasteiger partial charge is 0.258 e. The minimum atomic E-state index is -1.25. The van der Waals surface area contributed by atoms with E-state index < -0.39 is 15.7 Å². The number of fused-ring (bicyclic) bond motifs is 1. The highest BCUT2D eigenvalue weighted by Gasteiger charge is 2.28. The second-order valence-electron chi connectivity index (χ2n) is 6.23. The number of nitrogens with zero attached hydrogens (tertiary/aromatic N) is 2. The van der Waals surface area contributed by atoms with Crippen LogP contribution in [0, 0.1) is 10.1 Å². The Morgan fingerprint density at radius 1 is 0.926 bits per heavy atom. The molecule has 0 saturated carbocycles. The van der Waals surface area contributed by atoms with E-state index in [2.05, 4.69) is 0 Å². The molecule has 27 heavy (non-hydrogen) atoms. The Labute approximate surface area is 159 Å². The molecule has 3 aromatic rings. The van der Waals surface area contributed by atoms with Crippen molar-refractivity contribution in [2.45, 2.75) is 16.6 Å². The molecule has 0 bridgehead atoms. The summed E-state index contributed by atoms with van der Waals surface area (Å²) in [6.07, 6.45) is 0.489. The number of rotatable bonds is 3. The molecule has 3 aromatic carbocycles. The van der Waals surface area contributed by atoms with Crippen LogP contribution in [0.25, 0.3) is 0 Å². The summed E-state index contributed by atoms with van der Waals surface area (Å²) in [5.41, 5.74) is 3.29. The maximum absolute atomic E-state index is 13.3. The van der Waals surface area contributed by atoms with Crippen LogP contribution >= 0.6 is 0 Å². The van der Waals surface area contributed by atoms with Gasteiger partial charge in [-0.25, -0.2) is 0 Å². The van der Waals surface area contributed by atoms with Crippen molar-refractivity contribution in [3.63, 3.8) is 0 Å². The lowest BCUT2D eigenvalue weighted by Gasteiger charge is -2.16. The Morgan fingerprint density at radius 3 is 2.30 bits per heavy atom. The third kappa shape index (κ3) is 3.44. The summed E-state index contributed by atoms with van der Waals surface area (Å²) in [4.78, 5) is 16.0. The average molecular weight is 376 g/mol. The molecule has 1 aliphatic rings. The first-order valence-electron chi connectivity index (χ1n) is 8.50. The molecule has 2 atom stereocenters. The number of nitro benzene ring substituents is 1. The minimum Gasteiger partial charge on any atom is -0.258 e. The van der Waals surface area contributed by atoms with Crippen molar-refractivity contribution in [2.75, 3.05) is 0 Å². The fourth-order valence-corrected chi connectivity index (χ4v) is 4.73. The monoisotopic (exact) mass is 376 g/mol. The summed E-state index contributed by atoms with van der Waals surface area (Å²) in [5.74, 6) is 0. The van der Waals surface area contributed by atoms with Crippen molar-refractivity contribution in [1.29, 1.82) is 0 Å². The van der Waals surface area contributed by atoms with Crippen LogP contribution in [0.15, 0.2) is 88.8 Å². The van der Waals surface area contributed by atoms with E-state index in [0.29, 0.717) is 17.0 Å². The van der Waals surface area contributed by atoms with Crippen LogP contribution in [0.2, 0.25) is 0 Å². The number of para-hydroxylation sites is 1. The van der Waals surface area contributed by atoms with Crippen molar-refractivity contribution in [2.24, 2.45) is 4.99 Å². The summed E-state index contributed by atoms with van der Waals surface area (Å²) in [6, 6.07) is 23.6. The lowest BCUT2D eigenvalue weighted by molar-refractivity contribution is -0.384. The quantitative estimate of drug-likeness (QED) is 0.479. The van der Waals surface area contributed by atoms with E-state index in [1.165, 1.54) is 12.1 Å². The number of nitro groups is 1. The van der Waals surface area contributed by atoms with Crippen LogP contribution in [0.1, 0.15) is 22.8 Å². The van der Waals surface area contributed by atoms with E-state index in [4.69, 9.17) is 4.99 Å². The summed E-state index contributed by atoms with van der Waals surface area (Å²) in [6.45, 7) is 0. The third-order valence-electron chi connectivity index (χ3n) is 4.56. The van der Waals surface area contributed by atoms with Gasteiger partial charge in [-0.3, -0.25) is 19.3 Å². The van der Waals surface area contributed by atoms with Crippen LogP contribution in [-0.4, -0.2) is 14.8 Å². The standard InChI is InChI=1S/C21H16N2O3S/c24-23(25)17-12-10-15(11-13-17)19-14-21(16-6-2-1-3-7-16)27(26)20-9-5-4-8-18(20)22-19/h1-13,21H,14H2/t21-,27-/m1/s1. The Balaban J connectivity index is 1.82. The number of aliphatic imine (C=N–C) groups is 1. The minimum absolute atomic E-state index is 0.0385. The fourth-order valence-electron chi connectivity index (χ4n) is 3.18. The summed E-state index contributed by atoms with van der Waals surface area (Å²) in [7, 11) is -1.25. The van der Waals surface area contributed by atoms with Gasteiger partial charge in [0.1, 0.15) is 0 Å². The SMILES string of the molecule is O=[N+]([O-])c1ccc(C2=Nc3ccccc3[S@@](=O)[C@@H](c3ccccc3)C2)cc1. The summed E-state index contributed by atoms with van der Waals surface area (Å²) in [5, 5.41) is 10.7. The van der Waals surface area contributed by atoms with Gasteiger partial charge in [0.2, 0.25) is 0 Å². The first-order valence-corrected chi connectivity index (χ1v) is 9.72. The second-order valence-corrected chi connectivity index (χ2v) is 7.83. The lowest BCUT2D eigenvalue weighted by atomic mass is 10.0. The lowest BCUT2D eigenvalue weighted by Crippen LogP contribution is -2.11. The molecule has 5 nitrogen and oxygen atoms in total. The van der Waals surface area contributed by atoms with Gasteiger partial charge in [-0.2, -0.15) is 0 Å². The first kappa shape index (κ1) is 17.3. The van der Waals surface area contributed by atoms with Crippen molar-refractivity contribution in [3.05, 3.63) is 100 Å². The number of hydrogen-bond donors (Lipinski definition) is 0. The maximum atomic E-state index is 13.3. The van der Waals surface area contributed by atoms with Crippen molar-refractivity contribution in [3.8, 4) is 0 Å². The summed E-state index contributed by atoms with van der Waals surface area (Å²) >= 11 is 0. The molecule has 1 aliphatic heterocycles. The van der Waals surface area contributed by atoms with Gasteiger partial charge in [0.05, 0.1) is 31.6 Å². The molecule has 6 heteroatoms. The number of hydrogen-bond acceptors (Lipinski definition) is 4. The zero-order valence-corrected chi connectivity index (χ0v) is 15.1. The Bertz CT molecular complexity index is 1050. The van der Waals surface area contributed by atoms with Gasteiger partial charge in [-0.05, 0) is 35.4 Å². The fraction of sp³-hybridized carbons (Fsp3) is 0.0952. The van der Waals surface area contributed by atoms with Crippen molar-refractivity contribution >= 4 is 27.9 Å². The molecule has 0 aromatic heterocycles. The predicted octanol–water partition coefficient (Wildman–Crippen LogP) is 4.97. The Morgan fingerprint density at radius 2 is 1.59 bits per heavy atom. The molecule has 134 valence electrons. The second kappa shape index (κ2) is 7.25. The third-order valence-corrected chi connectivity index (χ3v) is 6.29. The van der Waals surface area contributed by atoms with E-state index in [0.717, 1.165) is 16.8 Å². The molecular weight excluding hydrogens is 360 g/mol. The number of non-ortho nitro benzene ring substituents is 1. The normalized spacial score (nSPS) is 18.9. The molecule has 4 rings (SSSR count). The highest BCUT2D eigenvalue weighted by Crippen LogP contribution is 2.38. The van der Waals surface area contributed by atoms with E-state index in [9.17, 15) is 14.3 Å². The predicted molar refractivity (Wildman–Crippen MR) is 106 cm³/mol.